The summed E-state index contributed by atoms with van der Waals surface area (Å²) in [5, 5.41) is 11.6. The first-order valence-corrected chi connectivity index (χ1v) is 6.32. The predicted octanol–water partition coefficient (Wildman–Crippen LogP) is 1.85. The summed E-state index contributed by atoms with van der Waals surface area (Å²) in [6.07, 6.45) is 6.18. The van der Waals surface area contributed by atoms with Gasteiger partial charge in [-0.05, 0) is 18.3 Å². The lowest BCUT2D eigenvalue weighted by molar-refractivity contribution is -0.137. The van der Waals surface area contributed by atoms with E-state index in [0.717, 1.165) is 12.8 Å². The highest BCUT2D eigenvalue weighted by molar-refractivity contribution is 5.80. The Hall–Kier alpha value is -1.52. The third-order valence-corrected chi connectivity index (χ3v) is 3.44. The molecule has 1 rings (SSSR count). The van der Waals surface area contributed by atoms with Gasteiger partial charge < -0.3 is 15.3 Å². The summed E-state index contributed by atoms with van der Waals surface area (Å²) < 4.78 is 0. The smallest absolute Gasteiger partial charge is 0.323 e. The summed E-state index contributed by atoms with van der Waals surface area (Å²) in [5.74, 6) is -1.01. The van der Waals surface area contributed by atoms with Crippen molar-refractivity contribution in [1.82, 2.24) is 10.2 Å². The summed E-state index contributed by atoms with van der Waals surface area (Å²) >= 11 is 0. The summed E-state index contributed by atoms with van der Waals surface area (Å²) in [6.45, 7) is 6.25. The molecule has 1 fully saturated rings. The zero-order valence-electron chi connectivity index (χ0n) is 10.9. The monoisotopic (exact) mass is 254 g/mol. The van der Waals surface area contributed by atoms with Crippen LogP contribution in [0.15, 0.2) is 12.7 Å². The van der Waals surface area contributed by atoms with Crippen LogP contribution in [0.1, 0.15) is 32.6 Å². The first-order valence-electron chi connectivity index (χ1n) is 6.32. The largest absolute Gasteiger partial charge is 0.480 e. The van der Waals surface area contributed by atoms with E-state index in [0.29, 0.717) is 6.54 Å². The summed E-state index contributed by atoms with van der Waals surface area (Å²) in [7, 11) is 0. The number of nitrogens with zero attached hydrogens (tertiary/aromatic N) is 1. The van der Waals surface area contributed by atoms with Gasteiger partial charge in [0.05, 0.1) is 0 Å². The van der Waals surface area contributed by atoms with Crippen molar-refractivity contribution in [2.75, 3.05) is 19.6 Å². The Morgan fingerprint density at radius 2 is 2.06 bits per heavy atom. The number of carbonyl (C=O) groups excluding carboxylic acids is 1. The fourth-order valence-electron chi connectivity index (χ4n) is 2.34. The van der Waals surface area contributed by atoms with Crippen molar-refractivity contribution in [2.24, 2.45) is 5.41 Å². The van der Waals surface area contributed by atoms with Gasteiger partial charge in [0.25, 0.3) is 0 Å². The van der Waals surface area contributed by atoms with Crippen molar-refractivity contribution in [3.8, 4) is 0 Å². The van der Waals surface area contributed by atoms with Crippen molar-refractivity contribution in [1.29, 1.82) is 0 Å². The van der Waals surface area contributed by atoms with E-state index in [4.69, 9.17) is 5.11 Å². The average molecular weight is 254 g/mol. The van der Waals surface area contributed by atoms with E-state index < -0.39 is 5.97 Å². The fourth-order valence-corrected chi connectivity index (χ4v) is 2.34. The number of carboxylic acid groups (broad SMARTS) is 1. The lowest BCUT2D eigenvalue weighted by Crippen LogP contribution is -2.45. The van der Waals surface area contributed by atoms with Crippen molar-refractivity contribution in [2.45, 2.75) is 32.6 Å². The summed E-state index contributed by atoms with van der Waals surface area (Å²) in [4.78, 5) is 23.8. The van der Waals surface area contributed by atoms with Gasteiger partial charge in [-0.15, -0.1) is 6.58 Å². The zero-order chi connectivity index (χ0) is 13.6. The Morgan fingerprint density at radius 1 is 1.44 bits per heavy atom. The van der Waals surface area contributed by atoms with Gasteiger partial charge in [0, 0.05) is 13.1 Å². The minimum Gasteiger partial charge on any atom is -0.480 e. The molecule has 5 heteroatoms. The van der Waals surface area contributed by atoms with Crippen LogP contribution >= 0.6 is 0 Å². The first kappa shape index (κ1) is 14.5. The number of rotatable bonds is 6. The molecule has 1 aliphatic carbocycles. The van der Waals surface area contributed by atoms with Gasteiger partial charge in [0.15, 0.2) is 0 Å². The van der Waals surface area contributed by atoms with Crippen LogP contribution in [0.3, 0.4) is 0 Å². The number of aliphatic carboxylic acids is 1. The molecule has 1 aliphatic rings. The average Bonchev–Trinajstić information content (AvgIpc) is 2.72. The molecule has 2 N–H and O–H groups in total. The van der Waals surface area contributed by atoms with Crippen molar-refractivity contribution >= 4 is 12.0 Å². The minimum atomic E-state index is -1.01. The molecule has 0 unspecified atom stereocenters. The van der Waals surface area contributed by atoms with Gasteiger partial charge in [0.2, 0.25) is 0 Å². The van der Waals surface area contributed by atoms with E-state index in [1.165, 1.54) is 23.8 Å². The Bertz CT molecular complexity index is 322. The normalized spacial score (nSPS) is 17.2. The third-order valence-electron chi connectivity index (χ3n) is 3.44. The molecular weight excluding hydrogens is 232 g/mol. The van der Waals surface area contributed by atoms with Crippen LogP contribution in [0, 0.1) is 5.41 Å². The van der Waals surface area contributed by atoms with E-state index in [2.05, 4.69) is 18.8 Å². The van der Waals surface area contributed by atoms with Gasteiger partial charge in [0.1, 0.15) is 6.54 Å². The van der Waals surface area contributed by atoms with Gasteiger partial charge in [-0.3, -0.25) is 4.79 Å². The van der Waals surface area contributed by atoms with E-state index >= 15 is 0 Å². The van der Waals surface area contributed by atoms with Crippen LogP contribution in [-0.2, 0) is 4.79 Å². The topological polar surface area (TPSA) is 69.6 Å². The van der Waals surface area contributed by atoms with Crippen molar-refractivity contribution in [3.63, 3.8) is 0 Å². The highest BCUT2D eigenvalue weighted by Gasteiger charge is 2.29. The molecule has 0 heterocycles. The van der Waals surface area contributed by atoms with Gasteiger partial charge in [-0.2, -0.15) is 0 Å². The fraction of sp³-hybridized carbons (Fsp3) is 0.692. The quantitative estimate of drug-likeness (QED) is 0.711. The number of hydrogen-bond donors (Lipinski definition) is 2. The van der Waals surface area contributed by atoms with Gasteiger partial charge in [-0.25, -0.2) is 4.79 Å². The number of amides is 2. The SMILES string of the molecule is C=CCN(CC(=O)O)C(=O)NCC1(C)CCCC1. The van der Waals surface area contributed by atoms with Crippen LogP contribution < -0.4 is 5.32 Å². The third kappa shape index (κ3) is 4.39. The molecule has 0 spiro atoms. The maximum absolute atomic E-state index is 11.9. The van der Waals surface area contributed by atoms with Crippen molar-refractivity contribution < 1.29 is 14.7 Å². The van der Waals surface area contributed by atoms with Crippen molar-refractivity contribution in [3.05, 3.63) is 12.7 Å². The van der Waals surface area contributed by atoms with Gasteiger partial charge in [-0.1, -0.05) is 25.8 Å². The summed E-state index contributed by atoms with van der Waals surface area (Å²) in [5.41, 5.74) is 0.165. The van der Waals surface area contributed by atoms with E-state index in [1.807, 2.05) is 0 Å². The molecule has 0 aromatic rings. The molecule has 18 heavy (non-hydrogen) atoms. The molecule has 2 amide bonds. The van der Waals surface area contributed by atoms with E-state index in [-0.39, 0.29) is 24.5 Å². The standard InChI is InChI=1S/C13H22N2O3/c1-3-8-15(9-11(16)17)12(18)14-10-13(2)6-4-5-7-13/h3H,1,4-10H2,2H3,(H,14,18)(H,16,17). The number of hydrogen-bond acceptors (Lipinski definition) is 2. The predicted molar refractivity (Wildman–Crippen MR) is 69.4 cm³/mol. The maximum atomic E-state index is 11.9. The summed E-state index contributed by atoms with van der Waals surface area (Å²) in [6, 6.07) is -0.328. The number of urea groups is 1. The molecule has 0 atom stereocenters. The molecule has 0 aromatic carbocycles. The van der Waals surface area contributed by atoms with Crippen LogP contribution in [0.4, 0.5) is 4.79 Å². The lowest BCUT2D eigenvalue weighted by Gasteiger charge is -2.26. The van der Waals surface area contributed by atoms with E-state index in [1.54, 1.807) is 0 Å². The number of nitrogens with one attached hydrogen (secondary N) is 1. The van der Waals surface area contributed by atoms with Crippen LogP contribution in [-0.4, -0.2) is 41.6 Å². The Labute approximate surface area is 108 Å². The molecule has 0 radical (unpaired) electrons. The van der Waals surface area contributed by atoms with Gasteiger partial charge >= 0.3 is 12.0 Å². The highest BCUT2D eigenvalue weighted by Crippen LogP contribution is 2.36. The second kappa shape index (κ2) is 6.42. The van der Waals surface area contributed by atoms with E-state index in [9.17, 15) is 9.59 Å². The first-order chi connectivity index (χ1) is 8.47. The zero-order valence-corrected chi connectivity index (χ0v) is 10.9. The molecule has 0 aliphatic heterocycles. The molecule has 5 nitrogen and oxygen atoms in total. The van der Waals surface area contributed by atoms with Crippen LogP contribution in [0.5, 0.6) is 0 Å². The minimum absolute atomic E-state index is 0.165. The molecular formula is C13H22N2O3. The number of carboxylic acids is 1. The van der Waals surface area contributed by atoms with Crippen LogP contribution in [0.2, 0.25) is 0 Å². The molecule has 0 saturated heterocycles. The second-order valence-corrected chi connectivity index (χ2v) is 5.24. The highest BCUT2D eigenvalue weighted by atomic mass is 16.4. The van der Waals surface area contributed by atoms with Crippen LogP contribution in [0.25, 0.3) is 0 Å². The molecule has 0 bridgehead atoms. The maximum Gasteiger partial charge on any atom is 0.323 e. The Morgan fingerprint density at radius 3 is 2.56 bits per heavy atom. The Balaban J connectivity index is 2.45. The second-order valence-electron chi connectivity index (χ2n) is 5.24. The molecule has 1 saturated carbocycles. The molecule has 0 aromatic heterocycles. The lowest BCUT2D eigenvalue weighted by atomic mass is 9.89. The molecule has 102 valence electrons. The Kier molecular flexibility index (Phi) is 5.19. The number of carbonyl (C=O) groups is 2.